The van der Waals surface area contributed by atoms with Crippen LogP contribution in [0.1, 0.15) is 0 Å². The van der Waals surface area contributed by atoms with Crippen molar-refractivity contribution in [3.63, 3.8) is 0 Å². The van der Waals surface area contributed by atoms with Crippen LogP contribution in [0.3, 0.4) is 0 Å². The highest BCUT2D eigenvalue weighted by Gasteiger charge is 2.05. The number of thiazole rings is 1. The Morgan fingerprint density at radius 2 is 2.24 bits per heavy atom. The van der Waals surface area contributed by atoms with E-state index in [1.165, 1.54) is 11.3 Å². The minimum atomic E-state index is 0.619. The Morgan fingerprint density at radius 1 is 1.24 bits per heavy atom. The van der Waals surface area contributed by atoms with E-state index in [0.29, 0.717) is 11.6 Å². The van der Waals surface area contributed by atoms with Crippen molar-refractivity contribution in [2.75, 3.05) is 5.32 Å². The molecule has 0 unspecified atom stereocenters. The predicted molar refractivity (Wildman–Crippen MR) is 65.0 cm³/mol. The average molecular weight is 244 g/mol. The van der Waals surface area contributed by atoms with Crippen molar-refractivity contribution >= 4 is 22.8 Å². The normalized spacial score (nSPS) is 10.4. The highest BCUT2D eigenvalue weighted by Crippen LogP contribution is 2.19. The fourth-order valence-electron chi connectivity index (χ4n) is 1.33. The summed E-state index contributed by atoms with van der Waals surface area (Å²) in [5.74, 6) is 1.33. The molecule has 6 nitrogen and oxygen atoms in total. The maximum absolute atomic E-state index is 4.37. The number of nitrogens with zero attached hydrogens (tertiary/aromatic N) is 4. The van der Waals surface area contributed by atoms with Gasteiger partial charge in [0.1, 0.15) is 5.82 Å². The van der Waals surface area contributed by atoms with Crippen LogP contribution in [-0.4, -0.2) is 25.1 Å². The average Bonchev–Trinajstić information content (AvgIpc) is 3.01. The van der Waals surface area contributed by atoms with E-state index >= 15 is 0 Å². The van der Waals surface area contributed by atoms with E-state index in [2.05, 4.69) is 30.5 Å². The highest BCUT2D eigenvalue weighted by atomic mass is 32.1. The lowest BCUT2D eigenvalue weighted by Gasteiger charge is -2.02. The smallest absolute Gasteiger partial charge is 0.190 e. The van der Waals surface area contributed by atoms with E-state index in [1.54, 1.807) is 30.9 Å². The summed E-state index contributed by atoms with van der Waals surface area (Å²) >= 11 is 1.51. The van der Waals surface area contributed by atoms with Gasteiger partial charge in [0.2, 0.25) is 0 Å². The Bertz CT molecular complexity index is 589. The van der Waals surface area contributed by atoms with Crippen LogP contribution in [0.5, 0.6) is 0 Å². The minimum absolute atomic E-state index is 0.619. The molecule has 0 radical (unpaired) electrons. The molecule has 0 saturated carbocycles. The van der Waals surface area contributed by atoms with Gasteiger partial charge in [-0.1, -0.05) is 0 Å². The molecule has 84 valence electrons. The Kier molecular flexibility index (Phi) is 2.51. The third-order valence-corrected chi connectivity index (χ3v) is 2.82. The van der Waals surface area contributed by atoms with Crippen molar-refractivity contribution in [3.8, 4) is 10.8 Å². The van der Waals surface area contributed by atoms with Gasteiger partial charge in [-0.3, -0.25) is 5.10 Å². The van der Waals surface area contributed by atoms with Crippen molar-refractivity contribution < 1.29 is 0 Å². The standard InChI is InChI=1S/C10H8N6S/c1-2-11-9(10-12-3-4-17-10)16-8(1)15-7-5-13-14-6-7/h1-6H,(H,13,14)(H,11,15,16). The Hall–Kier alpha value is -2.28. The Balaban J connectivity index is 1.89. The molecule has 0 saturated heterocycles. The topological polar surface area (TPSA) is 79.4 Å². The molecule has 7 heteroatoms. The second kappa shape index (κ2) is 4.30. The van der Waals surface area contributed by atoms with Crippen molar-refractivity contribution in [2.24, 2.45) is 0 Å². The molecule has 0 amide bonds. The maximum atomic E-state index is 4.37. The van der Waals surface area contributed by atoms with Crippen molar-refractivity contribution in [1.29, 1.82) is 0 Å². The van der Waals surface area contributed by atoms with Crippen LogP contribution in [0.4, 0.5) is 11.5 Å². The summed E-state index contributed by atoms with van der Waals surface area (Å²) in [5.41, 5.74) is 0.855. The number of hydrogen-bond acceptors (Lipinski definition) is 6. The van der Waals surface area contributed by atoms with Crippen LogP contribution >= 0.6 is 11.3 Å². The summed E-state index contributed by atoms with van der Waals surface area (Å²) < 4.78 is 0. The van der Waals surface area contributed by atoms with Crippen molar-refractivity contribution in [1.82, 2.24) is 25.1 Å². The second-order valence-electron chi connectivity index (χ2n) is 3.21. The van der Waals surface area contributed by atoms with Gasteiger partial charge in [0, 0.05) is 24.0 Å². The fraction of sp³-hybridized carbons (Fsp3) is 0. The molecular formula is C10H8N6S. The fourth-order valence-corrected chi connectivity index (χ4v) is 1.91. The van der Waals surface area contributed by atoms with Gasteiger partial charge in [-0.05, 0) is 6.07 Å². The van der Waals surface area contributed by atoms with Gasteiger partial charge < -0.3 is 5.32 Å². The SMILES string of the molecule is c1cc(Nc2cn[nH]c2)nc(-c2nccs2)n1. The van der Waals surface area contributed by atoms with Crippen LogP contribution in [0.25, 0.3) is 10.8 Å². The van der Waals surface area contributed by atoms with Gasteiger partial charge >= 0.3 is 0 Å². The summed E-state index contributed by atoms with van der Waals surface area (Å²) in [6.07, 6.45) is 6.88. The van der Waals surface area contributed by atoms with Crippen LogP contribution < -0.4 is 5.32 Å². The lowest BCUT2D eigenvalue weighted by Crippen LogP contribution is -1.95. The first-order valence-electron chi connectivity index (χ1n) is 4.90. The molecule has 17 heavy (non-hydrogen) atoms. The Morgan fingerprint density at radius 3 is 3.00 bits per heavy atom. The molecule has 2 N–H and O–H groups in total. The van der Waals surface area contributed by atoms with Crippen LogP contribution in [-0.2, 0) is 0 Å². The monoisotopic (exact) mass is 244 g/mol. The van der Waals surface area contributed by atoms with E-state index in [1.807, 2.05) is 5.38 Å². The number of aromatic amines is 1. The van der Waals surface area contributed by atoms with Gasteiger partial charge in [0.15, 0.2) is 10.8 Å². The second-order valence-corrected chi connectivity index (χ2v) is 4.11. The first kappa shape index (κ1) is 9.91. The molecule has 0 spiro atoms. The summed E-state index contributed by atoms with van der Waals surface area (Å²) in [6, 6.07) is 1.80. The third-order valence-electron chi connectivity index (χ3n) is 2.05. The van der Waals surface area contributed by atoms with E-state index in [9.17, 15) is 0 Å². The molecule has 3 heterocycles. The number of aromatic nitrogens is 5. The first-order valence-corrected chi connectivity index (χ1v) is 5.78. The Labute approximate surface area is 101 Å². The van der Waals surface area contributed by atoms with Crippen LogP contribution in [0.15, 0.2) is 36.2 Å². The first-order chi connectivity index (χ1) is 8.42. The summed E-state index contributed by atoms with van der Waals surface area (Å²) in [6.45, 7) is 0. The van der Waals surface area contributed by atoms with Gasteiger partial charge in [-0.2, -0.15) is 5.10 Å². The van der Waals surface area contributed by atoms with Gasteiger partial charge in [0.05, 0.1) is 11.9 Å². The van der Waals surface area contributed by atoms with Gasteiger partial charge in [-0.15, -0.1) is 11.3 Å². The molecule has 3 aromatic rings. The van der Waals surface area contributed by atoms with Gasteiger partial charge in [0.25, 0.3) is 0 Å². The zero-order valence-electron chi connectivity index (χ0n) is 8.66. The number of anilines is 2. The zero-order chi connectivity index (χ0) is 11.5. The number of hydrogen-bond donors (Lipinski definition) is 2. The summed E-state index contributed by atoms with van der Waals surface area (Å²) in [4.78, 5) is 12.7. The summed E-state index contributed by atoms with van der Waals surface area (Å²) in [5, 5.41) is 12.4. The molecule has 0 aliphatic carbocycles. The lowest BCUT2D eigenvalue weighted by atomic mass is 10.5. The molecule has 0 fully saturated rings. The number of H-pyrrole nitrogens is 1. The molecular weight excluding hydrogens is 236 g/mol. The molecule has 0 aromatic carbocycles. The van der Waals surface area contributed by atoms with E-state index < -0.39 is 0 Å². The van der Waals surface area contributed by atoms with Crippen LogP contribution in [0.2, 0.25) is 0 Å². The van der Waals surface area contributed by atoms with Gasteiger partial charge in [-0.25, -0.2) is 15.0 Å². The molecule has 0 bridgehead atoms. The third kappa shape index (κ3) is 2.13. The molecule has 0 aliphatic rings. The van der Waals surface area contributed by atoms with E-state index in [0.717, 1.165) is 10.7 Å². The van der Waals surface area contributed by atoms with Crippen molar-refractivity contribution in [3.05, 3.63) is 36.2 Å². The van der Waals surface area contributed by atoms with Crippen LogP contribution in [0, 0.1) is 0 Å². The summed E-state index contributed by atoms with van der Waals surface area (Å²) in [7, 11) is 0. The largest absolute Gasteiger partial charge is 0.338 e. The minimum Gasteiger partial charge on any atom is -0.338 e. The maximum Gasteiger partial charge on any atom is 0.190 e. The van der Waals surface area contributed by atoms with E-state index in [4.69, 9.17) is 0 Å². The lowest BCUT2D eigenvalue weighted by molar-refractivity contribution is 1.09. The van der Waals surface area contributed by atoms with Crippen molar-refractivity contribution in [2.45, 2.75) is 0 Å². The van der Waals surface area contributed by atoms with E-state index in [-0.39, 0.29) is 0 Å². The number of nitrogens with one attached hydrogen (secondary N) is 2. The zero-order valence-corrected chi connectivity index (χ0v) is 9.48. The number of rotatable bonds is 3. The predicted octanol–water partition coefficient (Wildman–Crippen LogP) is 2.07. The molecule has 0 atom stereocenters. The molecule has 3 rings (SSSR count). The molecule has 0 aliphatic heterocycles. The molecule has 3 aromatic heterocycles. The quantitative estimate of drug-likeness (QED) is 0.737. The highest BCUT2D eigenvalue weighted by molar-refractivity contribution is 7.12.